The molecule has 0 bridgehead atoms. The zero-order chi connectivity index (χ0) is 11.9. The molecular weight excluding hydrogens is 216 g/mol. The molecule has 0 aromatic heterocycles. The fraction of sp³-hybridized carbons (Fsp3) is 0.111. The number of hydrogen-bond donors (Lipinski definition) is 0. The normalized spacial score (nSPS) is 15.4. The molecule has 0 heteroatoms. The Hall–Kier alpha value is -2.08. The molecule has 2 aromatic rings. The largest absolute Gasteiger partial charge is 0.0801 e. The third-order valence-corrected chi connectivity index (χ3v) is 3.94. The van der Waals surface area contributed by atoms with E-state index in [2.05, 4.69) is 60.7 Å². The fourth-order valence-corrected chi connectivity index (χ4v) is 2.98. The van der Waals surface area contributed by atoms with Gasteiger partial charge in [0.2, 0.25) is 0 Å². The summed E-state index contributed by atoms with van der Waals surface area (Å²) in [5, 5.41) is 0. The van der Waals surface area contributed by atoms with Gasteiger partial charge in [0.25, 0.3) is 0 Å². The highest BCUT2D eigenvalue weighted by atomic mass is 14.2. The van der Waals surface area contributed by atoms with Crippen LogP contribution in [-0.4, -0.2) is 0 Å². The van der Waals surface area contributed by atoms with E-state index in [0.29, 0.717) is 0 Å². The minimum Gasteiger partial charge on any atom is -0.0801 e. The maximum absolute atomic E-state index is 2.36. The molecule has 0 spiro atoms. The van der Waals surface area contributed by atoms with Gasteiger partial charge >= 0.3 is 0 Å². The molecule has 0 nitrogen and oxygen atoms in total. The van der Waals surface area contributed by atoms with Crippen molar-refractivity contribution in [3.63, 3.8) is 0 Å². The van der Waals surface area contributed by atoms with Crippen LogP contribution >= 0.6 is 0 Å². The predicted octanol–water partition coefficient (Wildman–Crippen LogP) is 4.60. The van der Waals surface area contributed by atoms with Crippen molar-refractivity contribution in [1.29, 1.82) is 0 Å². The second-order valence-corrected chi connectivity index (χ2v) is 5.03. The number of allylic oxidation sites excluding steroid dienone is 4. The van der Waals surface area contributed by atoms with Crippen molar-refractivity contribution in [2.24, 2.45) is 0 Å². The Morgan fingerprint density at radius 3 is 2.61 bits per heavy atom. The third kappa shape index (κ3) is 1.39. The molecule has 0 fully saturated rings. The van der Waals surface area contributed by atoms with Crippen molar-refractivity contribution in [2.45, 2.75) is 12.8 Å². The zero-order valence-electron chi connectivity index (χ0n) is 10.2. The first kappa shape index (κ1) is 9.90. The second-order valence-electron chi connectivity index (χ2n) is 5.03. The summed E-state index contributed by atoms with van der Waals surface area (Å²) < 4.78 is 0. The zero-order valence-corrected chi connectivity index (χ0v) is 10.2. The number of hydrogen-bond acceptors (Lipinski definition) is 0. The summed E-state index contributed by atoms with van der Waals surface area (Å²) in [5.74, 6) is 0. The Balaban J connectivity index is 1.86. The van der Waals surface area contributed by atoms with Crippen molar-refractivity contribution < 1.29 is 0 Å². The Labute approximate surface area is 107 Å². The monoisotopic (exact) mass is 230 g/mol. The minimum absolute atomic E-state index is 1.07. The molecule has 0 aliphatic heterocycles. The quantitative estimate of drug-likeness (QED) is 0.573. The Bertz CT molecular complexity index is 687. The molecule has 86 valence electrons. The maximum atomic E-state index is 2.36. The first-order valence-corrected chi connectivity index (χ1v) is 6.49. The van der Waals surface area contributed by atoms with Crippen LogP contribution in [0.2, 0.25) is 0 Å². The lowest BCUT2D eigenvalue weighted by molar-refractivity contribution is 1.26. The van der Waals surface area contributed by atoms with Gasteiger partial charge in [-0.15, -0.1) is 0 Å². The molecule has 4 rings (SSSR count). The van der Waals surface area contributed by atoms with Gasteiger partial charge in [-0.2, -0.15) is 0 Å². The van der Waals surface area contributed by atoms with E-state index in [0.717, 1.165) is 12.8 Å². The smallest absolute Gasteiger partial charge is 0.00134 e. The highest BCUT2D eigenvalue weighted by molar-refractivity contribution is 5.81. The van der Waals surface area contributed by atoms with Crippen molar-refractivity contribution in [1.82, 2.24) is 0 Å². The molecule has 0 unspecified atom stereocenters. The van der Waals surface area contributed by atoms with E-state index in [9.17, 15) is 0 Å². The van der Waals surface area contributed by atoms with Crippen LogP contribution in [0.4, 0.5) is 0 Å². The molecule has 0 atom stereocenters. The first-order chi connectivity index (χ1) is 8.92. The summed E-state index contributed by atoms with van der Waals surface area (Å²) >= 11 is 0. The van der Waals surface area contributed by atoms with Crippen molar-refractivity contribution in [3.8, 4) is 11.1 Å². The molecule has 0 saturated heterocycles. The Kier molecular flexibility index (Phi) is 2.04. The molecule has 2 aromatic carbocycles. The van der Waals surface area contributed by atoms with Crippen LogP contribution in [-0.2, 0) is 6.42 Å². The van der Waals surface area contributed by atoms with Crippen molar-refractivity contribution in [2.75, 3.05) is 0 Å². The molecule has 0 saturated carbocycles. The van der Waals surface area contributed by atoms with Gasteiger partial charge in [0, 0.05) is 0 Å². The lowest BCUT2D eigenvalue weighted by Gasteiger charge is -2.06. The highest BCUT2D eigenvalue weighted by Gasteiger charge is 2.18. The Morgan fingerprint density at radius 2 is 1.72 bits per heavy atom. The van der Waals surface area contributed by atoms with Crippen LogP contribution in [0, 0.1) is 0 Å². The van der Waals surface area contributed by atoms with E-state index in [4.69, 9.17) is 0 Å². The van der Waals surface area contributed by atoms with Crippen LogP contribution in [0.5, 0.6) is 0 Å². The molecule has 2 aliphatic carbocycles. The van der Waals surface area contributed by atoms with E-state index in [1.165, 1.54) is 33.4 Å². The molecule has 2 aliphatic rings. The SMILES string of the molecule is C1=CCC(c2ccc3c(c2)-c2ccccc2C3)=C1. The summed E-state index contributed by atoms with van der Waals surface area (Å²) in [6, 6.07) is 15.7. The van der Waals surface area contributed by atoms with Crippen molar-refractivity contribution in [3.05, 3.63) is 77.4 Å². The van der Waals surface area contributed by atoms with Gasteiger partial charge in [0.1, 0.15) is 0 Å². The van der Waals surface area contributed by atoms with Gasteiger partial charge in [0.15, 0.2) is 0 Å². The predicted molar refractivity (Wildman–Crippen MR) is 76.4 cm³/mol. The van der Waals surface area contributed by atoms with Gasteiger partial charge in [-0.05, 0) is 52.3 Å². The van der Waals surface area contributed by atoms with Gasteiger partial charge in [-0.1, -0.05) is 54.6 Å². The summed E-state index contributed by atoms with van der Waals surface area (Å²) in [4.78, 5) is 0. The average Bonchev–Trinajstić information content (AvgIpc) is 3.05. The van der Waals surface area contributed by atoms with E-state index in [1.807, 2.05) is 0 Å². The van der Waals surface area contributed by atoms with Crippen LogP contribution in [0.25, 0.3) is 16.7 Å². The lowest BCUT2D eigenvalue weighted by Crippen LogP contribution is -1.85. The standard InChI is InChI=1S/C18H14/c1-2-6-13(5-1)14-9-10-16-11-15-7-3-4-8-17(15)18(16)12-14/h1-5,7-10,12H,6,11H2. The van der Waals surface area contributed by atoms with E-state index in [1.54, 1.807) is 0 Å². The van der Waals surface area contributed by atoms with Gasteiger partial charge in [-0.3, -0.25) is 0 Å². The summed E-state index contributed by atoms with van der Waals surface area (Å²) in [6.45, 7) is 0. The molecule has 0 radical (unpaired) electrons. The minimum atomic E-state index is 1.07. The summed E-state index contributed by atoms with van der Waals surface area (Å²) in [7, 11) is 0. The molecular formula is C18H14. The van der Waals surface area contributed by atoms with Gasteiger partial charge < -0.3 is 0 Å². The van der Waals surface area contributed by atoms with E-state index >= 15 is 0 Å². The van der Waals surface area contributed by atoms with Gasteiger partial charge in [-0.25, -0.2) is 0 Å². The van der Waals surface area contributed by atoms with Crippen LogP contribution in [0.3, 0.4) is 0 Å². The van der Waals surface area contributed by atoms with Crippen molar-refractivity contribution >= 4 is 5.57 Å². The number of benzene rings is 2. The van der Waals surface area contributed by atoms with Gasteiger partial charge in [0.05, 0.1) is 0 Å². The third-order valence-electron chi connectivity index (χ3n) is 3.94. The molecule has 0 heterocycles. The fourth-order valence-electron chi connectivity index (χ4n) is 2.98. The molecule has 0 amide bonds. The average molecular weight is 230 g/mol. The lowest BCUT2D eigenvalue weighted by atomic mass is 9.98. The highest BCUT2D eigenvalue weighted by Crippen LogP contribution is 2.38. The number of fused-ring (bicyclic) bond motifs is 3. The maximum Gasteiger partial charge on any atom is -0.00134 e. The van der Waals surface area contributed by atoms with Crippen LogP contribution < -0.4 is 0 Å². The Morgan fingerprint density at radius 1 is 0.833 bits per heavy atom. The summed E-state index contributed by atoms with van der Waals surface area (Å²) in [6.07, 6.45) is 8.75. The van der Waals surface area contributed by atoms with Crippen LogP contribution in [0.1, 0.15) is 23.1 Å². The molecule has 0 N–H and O–H groups in total. The number of rotatable bonds is 1. The summed E-state index contributed by atoms with van der Waals surface area (Å²) in [5.41, 5.74) is 8.57. The van der Waals surface area contributed by atoms with E-state index < -0.39 is 0 Å². The van der Waals surface area contributed by atoms with E-state index in [-0.39, 0.29) is 0 Å². The molecule has 18 heavy (non-hydrogen) atoms. The second kappa shape index (κ2) is 3.71. The first-order valence-electron chi connectivity index (χ1n) is 6.49. The topological polar surface area (TPSA) is 0 Å². The van der Waals surface area contributed by atoms with Crippen LogP contribution in [0.15, 0.2) is 60.7 Å².